The highest BCUT2D eigenvalue weighted by Gasteiger charge is 2.36. The summed E-state index contributed by atoms with van der Waals surface area (Å²) in [6.07, 6.45) is 4.34. The van der Waals surface area contributed by atoms with Gasteiger partial charge in [-0.15, -0.1) is 24.8 Å². The molecule has 8 nitrogen and oxygen atoms in total. The summed E-state index contributed by atoms with van der Waals surface area (Å²) in [7, 11) is -2.65. The van der Waals surface area contributed by atoms with Crippen LogP contribution in [0.25, 0.3) is 0 Å². The van der Waals surface area contributed by atoms with Crippen molar-refractivity contribution in [2.24, 2.45) is 0 Å². The van der Waals surface area contributed by atoms with E-state index in [1.807, 2.05) is 12.1 Å². The van der Waals surface area contributed by atoms with Gasteiger partial charge < -0.3 is 10.1 Å². The van der Waals surface area contributed by atoms with E-state index >= 15 is 0 Å². The van der Waals surface area contributed by atoms with E-state index in [2.05, 4.69) is 10.3 Å². The molecule has 2 aromatic rings. The average Bonchev–Trinajstić information content (AvgIpc) is 3.38. The minimum absolute atomic E-state index is 0. The zero-order chi connectivity index (χ0) is 27.8. The van der Waals surface area contributed by atoms with Gasteiger partial charge >= 0.3 is 6.18 Å². The maximum absolute atomic E-state index is 12.5. The second-order valence-corrected chi connectivity index (χ2v) is 13.7. The molecule has 2 fully saturated rings. The van der Waals surface area contributed by atoms with Crippen LogP contribution in [0, 0.1) is 0 Å². The van der Waals surface area contributed by atoms with Crippen LogP contribution in [0.2, 0.25) is 0 Å². The van der Waals surface area contributed by atoms with Crippen LogP contribution in [0.3, 0.4) is 0 Å². The van der Waals surface area contributed by atoms with Gasteiger partial charge in [-0.1, -0.05) is 12.1 Å². The van der Waals surface area contributed by atoms with E-state index in [0.29, 0.717) is 25.2 Å². The fourth-order valence-electron chi connectivity index (χ4n) is 4.40. The Bertz CT molecular complexity index is 1240. The van der Waals surface area contributed by atoms with Gasteiger partial charge in [-0.3, -0.25) is 4.98 Å². The molecule has 1 N–H and O–H groups in total. The molecule has 1 aromatic carbocycles. The molecular weight excluding hydrogens is 638 g/mol. The zero-order valence-corrected chi connectivity index (χ0v) is 25.4. The van der Waals surface area contributed by atoms with Crippen molar-refractivity contribution in [1.82, 2.24) is 14.6 Å². The van der Waals surface area contributed by atoms with E-state index in [-0.39, 0.29) is 36.7 Å². The van der Waals surface area contributed by atoms with Crippen molar-refractivity contribution in [3.63, 3.8) is 0 Å². The molecule has 228 valence electrons. The van der Waals surface area contributed by atoms with E-state index in [4.69, 9.17) is 15.4 Å². The van der Waals surface area contributed by atoms with Crippen LogP contribution in [-0.2, 0) is 25.3 Å². The Kier molecular flexibility index (Phi) is 15.0. The summed E-state index contributed by atoms with van der Waals surface area (Å²) in [4.78, 5) is 3.05. The summed E-state index contributed by atoms with van der Waals surface area (Å²) in [5, 5.41) is 3.42. The summed E-state index contributed by atoms with van der Waals surface area (Å²) in [6.45, 7) is 2.18. The molecule has 3 heterocycles. The summed E-state index contributed by atoms with van der Waals surface area (Å²) in [5.41, 5.74) is -1.25. The summed E-state index contributed by atoms with van der Waals surface area (Å²) in [6, 6.07) is 7.92. The third-order valence-corrected chi connectivity index (χ3v) is 9.66. The number of pyridine rings is 1. The fraction of sp³-hybridized carbons (Fsp3) is 0.542. The van der Waals surface area contributed by atoms with Crippen LogP contribution >= 0.6 is 35.5 Å². The molecule has 0 amide bonds. The molecule has 2 aliphatic rings. The molecular formula is C24H33Cl3F3N3O5S2. The number of hydrogen-bond acceptors (Lipinski definition) is 7. The van der Waals surface area contributed by atoms with E-state index in [1.54, 1.807) is 16.7 Å². The van der Waals surface area contributed by atoms with Crippen molar-refractivity contribution < 1.29 is 34.7 Å². The smallest absolute Gasteiger partial charge is 0.417 e. The lowest BCUT2D eigenvalue weighted by atomic mass is 10.1. The SMILES string of the molecule is Cl.Cl.O=S(=O)(CCC[C@@H]1CCCN1)N1CCC(Oc2ccncc2)CC1.O=S(=O)(Cl)c1ccccc1C(F)(F)F. The van der Waals surface area contributed by atoms with Crippen LogP contribution in [0.1, 0.15) is 44.1 Å². The lowest BCUT2D eigenvalue weighted by Gasteiger charge is -2.31. The molecule has 1 atom stereocenters. The second kappa shape index (κ2) is 16.3. The molecule has 0 aliphatic carbocycles. The highest BCUT2D eigenvalue weighted by molar-refractivity contribution is 8.13. The van der Waals surface area contributed by atoms with Crippen molar-refractivity contribution in [3.8, 4) is 5.75 Å². The summed E-state index contributed by atoms with van der Waals surface area (Å²) in [5.74, 6) is 1.07. The van der Waals surface area contributed by atoms with Gasteiger partial charge in [0, 0.05) is 42.2 Å². The first-order valence-corrected chi connectivity index (χ1v) is 16.2. The molecule has 4 rings (SSSR count). The number of piperidine rings is 1. The number of alkyl halides is 3. The number of aromatic nitrogens is 1. The number of rotatable bonds is 8. The van der Waals surface area contributed by atoms with Crippen LogP contribution in [0.5, 0.6) is 5.75 Å². The average molecular weight is 671 g/mol. The van der Waals surface area contributed by atoms with E-state index in [1.165, 1.54) is 18.9 Å². The fourth-order valence-corrected chi connectivity index (χ4v) is 7.04. The molecule has 2 saturated heterocycles. The van der Waals surface area contributed by atoms with Crippen LogP contribution in [-0.4, -0.2) is 63.7 Å². The van der Waals surface area contributed by atoms with Gasteiger partial charge in [0.25, 0.3) is 9.05 Å². The second-order valence-electron chi connectivity index (χ2n) is 9.08. The maximum atomic E-state index is 12.5. The lowest BCUT2D eigenvalue weighted by molar-refractivity contribution is -0.139. The molecule has 16 heteroatoms. The monoisotopic (exact) mass is 669 g/mol. The number of benzene rings is 1. The van der Waals surface area contributed by atoms with E-state index in [0.717, 1.165) is 50.1 Å². The van der Waals surface area contributed by atoms with Gasteiger partial charge in [-0.2, -0.15) is 13.2 Å². The van der Waals surface area contributed by atoms with Gasteiger partial charge in [0.2, 0.25) is 10.0 Å². The molecule has 2 aliphatic heterocycles. The predicted molar refractivity (Wildman–Crippen MR) is 152 cm³/mol. The minimum Gasteiger partial charge on any atom is -0.490 e. The molecule has 0 unspecified atom stereocenters. The zero-order valence-electron chi connectivity index (χ0n) is 21.4. The van der Waals surface area contributed by atoms with Crippen LogP contribution in [0.4, 0.5) is 13.2 Å². The van der Waals surface area contributed by atoms with Crippen LogP contribution < -0.4 is 10.1 Å². The maximum Gasteiger partial charge on any atom is 0.417 e. The van der Waals surface area contributed by atoms with Gasteiger partial charge in [-0.25, -0.2) is 21.1 Å². The standard InChI is InChI=1S/C17H27N3O3S.C7H4ClF3O2S.2ClH/c21-24(22,14-2-4-15-3-1-9-19-15)20-12-7-17(8-13-20)23-16-5-10-18-11-6-16;8-14(12,13)6-4-2-1-3-5(6)7(9,10)11;;/h5-6,10-11,15,17,19H,1-4,7-9,12-14H2;1-4H;2*1H/t15-;;;/m0.../s1. The summed E-state index contributed by atoms with van der Waals surface area (Å²) < 4.78 is 90.8. The van der Waals surface area contributed by atoms with Crippen molar-refractivity contribution in [1.29, 1.82) is 0 Å². The predicted octanol–water partition coefficient (Wildman–Crippen LogP) is 5.26. The molecule has 0 spiro atoms. The Labute approximate surface area is 250 Å². The van der Waals surface area contributed by atoms with Crippen LogP contribution in [0.15, 0.2) is 53.7 Å². The van der Waals surface area contributed by atoms with E-state index < -0.39 is 35.7 Å². The topological polar surface area (TPSA) is 106 Å². The normalized spacial score (nSPS) is 18.6. The quantitative estimate of drug-likeness (QED) is 0.382. The minimum atomic E-state index is -4.72. The van der Waals surface area contributed by atoms with Crippen molar-refractivity contribution >= 4 is 54.6 Å². The Morgan fingerprint density at radius 1 is 1.00 bits per heavy atom. The van der Waals surface area contributed by atoms with Crippen molar-refractivity contribution in [2.45, 2.75) is 61.7 Å². The van der Waals surface area contributed by atoms with Crippen molar-refractivity contribution in [2.75, 3.05) is 25.4 Å². The number of nitrogens with zero attached hydrogens (tertiary/aromatic N) is 2. The van der Waals surface area contributed by atoms with Gasteiger partial charge in [0.15, 0.2) is 0 Å². The Balaban J connectivity index is 0.000000433. The number of ether oxygens (including phenoxy) is 1. The number of sulfonamides is 1. The molecule has 0 saturated carbocycles. The number of halogens is 6. The molecule has 1 aromatic heterocycles. The highest BCUT2D eigenvalue weighted by atomic mass is 35.7. The number of nitrogens with one attached hydrogen (secondary N) is 1. The first kappa shape index (κ1) is 36.7. The van der Waals surface area contributed by atoms with Gasteiger partial charge in [0.1, 0.15) is 11.9 Å². The van der Waals surface area contributed by atoms with Gasteiger partial charge in [0.05, 0.1) is 16.2 Å². The van der Waals surface area contributed by atoms with Crippen molar-refractivity contribution in [3.05, 3.63) is 54.4 Å². The Morgan fingerprint density at radius 3 is 2.15 bits per heavy atom. The van der Waals surface area contributed by atoms with E-state index in [9.17, 15) is 30.0 Å². The highest BCUT2D eigenvalue weighted by Crippen LogP contribution is 2.35. The number of hydrogen-bond donors (Lipinski definition) is 1. The Morgan fingerprint density at radius 2 is 1.62 bits per heavy atom. The third-order valence-electron chi connectivity index (χ3n) is 6.32. The lowest BCUT2D eigenvalue weighted by Crippen LogP contribution is -2.42. The largest absolute Gasteiger partial charge is 0.490 e. The first-order chi connectivity index (χ1) is 17.9. The third kappa shape index (κ3) is 11.5. The molecule has 40 heavy (non-hydrogen) atoms. The van der Waals surface area contributed by atoms with Gasteiger partial charge in [-0.05, 0) is 69.3 Å². The molecule has 0 bridgehead atoms. The molecule has 0 radical (unpaired) electrons. The Hall–Kier alpha value is -1.35. The first-order valence-electron chi connectivity index (χ1n) is 12.2. The summed E-state index contributed by atoms with van der Waals surface area (Å²) >= 11 is 0.